The van der Waals surface area contributed by atoms with Crippen LogP contribution in [-0.2, 0) is 14.6 Å². The third-order valence-electron chi connectivity index (χ3n) is 8.65. The van der Waals surface area contributed by atoms with Crippen LogP contribution in [0.2, 0.25) is 5.02 Å². The molecule has 202 valence electrons. The molecule has 2 saturated heterocycles. The lowest BCUT2D eigenvalue weighted by molar-refractivity contribution is -0.149. The average molecular weight is 557 g/mol. The van der Waals surface area contributed by atoms with Crippen molar-refractivity contribution in [3.05, 3.63) is 41.2 Å². The van der Waals surface area contributed by atoms with Crippen molar-refractivity contribution < 1.29 is 13.2 Å². The van der Waals surface area contributed by atoms with Gasteiger partial charge in [-0.15, -0.1) is 0 Å². The summed E-state index contributed by atoms with van der Waals surface area (Å²) in [7, 11) is -3.14. The van der Waals surface area contributed by atoms with Crippen LogP contribution < -0.4 is 4.90 Å². The Morgan fingerprint density at radius 2 is 1.95 bits per heavy atom. The van der Waals surface area contributed by atoms with E-state index in [9.17, 15) is 13.2 Å². The average Bonchev–Trinajstić information content (AvgIpc) is 3.36. The summed E-state index contributed by atoms with van der Waals surface area (Å²) >= 11 is 7.00. The molecule has 1 saturated carbocycles. The van der Waals surface area contributed by atoms with Crippen LogP contribution in [0.1, 0.15) is 44.0 Å². The Hall–Kier alpha value is -2.85. The molecule has 1 spiro atoms. The number of hydrogen-bond acceptors (Lipinski definition) is 6. The molecule has 3 aromatic rings. The van der Waals surface area contributed by atoms with Crippen molar-refractivity contribution in [3.8, 4) is 11.1 Å². The zero-order valence-corrected chi connectivity index (χ0v) is 23.8. The summed E-state index contributed by atoms with van der Waals surface area (Å²) in [6, 6.07) is 2.19. The molecule has 1 aromatic carbocycles. The number of benzene rings is 1. The molecule has 0 unspecified atom stereocenters. The number of halogens is 1. The van der Waals surface area contributed by atoms with E-state index >= 15 is 0 Å². The molecule has 0 radical (unpaired) electrons. The normalized spacial score (nSPS) is 21.9. The van der Waals surface area contributed by atoms with Gasteiger partial charge in [0.15, 0.2) is 15.7 Å². The molecule has 2 aromatic heterocycles. The topological polar surface area (TPSA) is 104 Å². The van der Waals surface area contributed by atoms with Crippen LogP contribution in [0.15, 0.2) is 24.9 Å². The highest BCUT2D eigenvalue weighted by atomic mass is 35.5. The number of H-pyrrole nitrogens is 1. The maximum Gasteiger partial charge on any atom is 0.245 e. The molecule has 2 aliphatic heterocycles. The van der Waals surface area contributed by atoms with Gasteiger partial charge in [0.2, 0.25) is 5.91 Å². The molecule has 3 fully saturated rings. The van der Waals surface area contributed by atoms with Gasteiger partial charge in [-0.3, -0.25) is 14.6 Å². The van der Waals surface area contributed by atoms with E-state index in [0.29, 0.717) is 11.6 Å². The maximum absolute atomic E-state index is 12.6. The van der Waals surface area contributed by atoms with E-state index in [-0.39, 0.29) is 28.9 Å². The Morgan fingerprint density at radius 1 is 1.24 bits per heavy atom. The van der Waals surface area contributed by atoms with Crippen molar-refractivity contribution >= 4 is 44.1 Å². The molecule has 9 nitrogen and oxygen atoms in total. The van der Waals surface area contributed by atoms with Gasteiger partial charge < -0.3 is 9.80 Å². The first-order valence-electron chi connectivity index (χ1n) is 13.0. The van der Waals surface area contributed by atoms with Crippen molar-refractivity contribution in [2.75, 3.05) is 36.0 Å². The first-order valence-corrected chi connectivity index (χ1v) is 15.2. The number of rotatable bonds is 4. The summed E-state index contributed by atoms with van der Waals surface area (Å²) in [4.78, 5) is 16.0. The summed E-state index contributed by atoms with van der Waals surface area (Å²) in [6.07, 6.45) is 5.05. The minimum absolute atomic E-state index is 0.0144. The number of hydrogen-bond donors (Lipinski definition) is 1. The quantitative estimate of drug-likeness (QED) is 0.486. The van der Waals surface area contributed by atoms with Crippen molar-refractivity contribution in [2.45, 2.75) is 52.1 Å². The predicted molar refractivity (Wildman–Crippen MR) is 149 cm³/mol. The van der Waals surface area contributed by atoms with Crippen LogP contribution in [0, 0.1) is 19.3 Å². The number of aromatic amines is 1. The maximum atomic E-state index is 12.6. The summed E-state index contributed by atoms with van der Waals surface area (Å²) in [5, 5.41) is 14.1. The number of aryl methyl sites for hydroxylation is 1. The zero-order chi connectivity index (χ0) is 27.2. The summed E-state index contributed by atoms with van der Waals surface area (Å²) in [5.41, 5.74) is 4.13. The van der Waals surface area contributed by atoms with Crippen molar-refractivity contribution in [3.63, 3.8) is 0 Å². The predicted octanol–water partition coefficient (Wildman–Crippen LogP) is 4.06. The summed E-state index contributed by atoms with van der Waals surface area (Å²) in [6.45, 7) is 13.5. The Balaban J connectivity index is 1.45. The number of aromatic nitrogens is 4. The molecule has 1 amide bonds. The largest absolute Gasteiger partial charge is 0.347 e. The molecule has 11 heteroatoms. The van der Waals surface area contributed by atoms with Crippen molar-refractivity contribution in [1.82, 2.24) is 24.9 Å². The van der Waals surface area contributed by atoms with E-state index in [4.69, 9.17) is 16.7 Å². The lowest BCUT2D eigenvalue weighted by Gasteiger charge is -2.58. The minimum atomic E-state index is -3.14. The molecule has 0 atom stereocenters. The Bertz CT molecular complexity index is 1590. The van der Waals surface area contributed by atoms with Gasteiger partial charge in [0.25, 0.3) is 0 Å². The molecular formula is C27H33ClN6O3S. The number of nitrogens with zero attached hydrogens (tertiary/aromatic N) is 5. The zero-order valence-electron chi connectivity index (χ0n) is 22.2. The van der Waals surface area contributed by atoms with Crippen molar-refractivity contribution in [2.24, 2.45) is 5.41 Å². The first-order chi connectivity index (χ1) is 17.8. The van der Waals surface area contributed by atoms with E-state index in [0.717, 1.165) is 65.0 Å². The molecule has 3 aliphatic rings. The van der Waals surface area contributed by atoms with Gasteiger partial charge in [-0.2, -0.15) is 10.2 Å². The number of carbonyl (C=O) groups excluding carboxylic acids is 1. The number of sulfone groups is 1. The van der Waals surface area contributed by atoms with Crippen molar-refractivity contribution in [1.29, 1.82) is 0 Å². The third kappa shape index (κ3) is 3.78. The number of nitrogens with one attached hydrogen (secondary N) is 1. The summed E-state index contributed by atoms with van der Waals surface area (Å²) in [5.74, 6) is 0.896. The standard InChI is InChI=1S/C27H33ClN6O3S/c1-6-21(35)32-13-27(14-32)10-18(11-27)34-17(3)22(23-19-12-29-30-20(19)9-16(2)24(23)28)25(31-34)33-7-8-38(36,37)15-26(33,4)5/h6,9,12,18H,1,7-8,10-11,13-15H2,2-5H3,(H,29,30). The van der Waals surface area contributed by atoms with E-state index in [1.165, 1.54) is 6.08 Å². The van der Waals surface area contributed by atoms with Gasteiger partial charge in [-0.1, -0.05) is 18.2 Å². The van der Waals surface area contributed by atoms with Gasteiger partial charge in [0.1, 0.15) is 0 Å². The lowest BCUT2D eigenvalue weighted by atomic mass is 9.60. The van der Waals surface area contributed by atoms with Crippen LogP contribution in [0.4, 0.5) is 5.82 Å². The van der Waals surface area contributed by atoms with Gasteiger partial charge in [0, 0.05) is 47.3 Å². The molecular weight excluding hydrogens is 524 g/mol. The second-order valence-corrected chi connectivity index (χ2v) is 14.5. The van der Waals surface area contributed by atoms with Crippen LogP contribution in [0.25, 0.3) is 22.0 Å². The van der Waals surface area contributed by atoms with Gasteiger partial charge in [-0.25, -0.2) is 8.42 Å². The number of fused-ring (bicyclic) bond motifs is 1. The fourth-order valence-corrected chi connectivity index (χ4v) is 8.91. The third-order valence-corrected chi connectivity index (χ3v) is 11.1. The molecule has 6 rings (SSSR count). The molecule has 1 aliphatic carbocycles. The number of carbonyl (C=O) groups is 1. The second-order valence-electron chi connectivity index (χ2n) is 12.0. The number of anilines is 1. The highest BCUT2D eigenvalue weighted by Gasteiger charge is 2.54. The molecule has 4 heterocycles. The first kappa shape index (κ1) is 25.4. The molecule has 1 N–H and O–H groups in total. The van der Waals surface area contributed by atoms with E-state index < -0.39 is 15.4 Å². The fraction of sp³-hybridized carbons (Fsp3) is 0.519. The number of amides is 1. The lowest BCUT2D eigenvalue weighted by Crippen LogP contribution is -2.63. The van der Waals surface area contributed by atoms with Gasteiger partial charge in [0.05, 0.1) is 39.8 Å². The van der Waals surface area contributed by atoms with E-state index in [2.05, 4.69) is 33.3 Å². The monoisotopic (exact) mass is 556 g/mol. The van der Waals surface area contributed by atoms with Crippen LogP contribution in [0.3, 0.4) is 0 Å². The minimum Gasteiger partial charge on any atom is -0.347 e. The highest BCUT2D eigenvalue weighted by Crippen LogP contribution is 2.55. The van der Waals surface area contributed by atoms with Crippen LogP contribution in [0.5, 0.6) is 0 Å². The Morgan fingerprint density at radius 3 is 2.61 bits per heavy atom. The summed E-state index contributed by atoms with van der Waals surface area (Å²) < 4.78 is 27.2. The number of likely N-dealkylation sites (tertiary alicyclic amines) is 1. The van der Waals surface area contributed by atoms with Gasteiger partial charge >= 0.3 is 0 Å². The highest BCUT2D eigenvalue weighted by molar-refractivity contribution is 7.91. The molecule has 38 heavy (non-hydrogen) atoms. The Labute approximate surface area is 227 Å². The van der Waals surface area contributed by atoms with E-state index in [1.54, 1.807) is 6.20 Å². The van der Waals surface area contributed by atoms with Crippen LogP contribution >= 0.6 is 11.6 Å². The van der Waals surface area contributed by atoms with Gasteiger partial charge in [-0.05, 0) is 58.2 Å². The SMILES string of the molecule is C=CC(=O)N1CC2(CC(n3nc(N4CCS(=O)(=O)CC4(C)C)c(-c4c(Cl)c(C)cc5[nH]ncc45)c3C)C2)C1. The fourth-order valence-electron chi connectivity index (χ4n) is 6.82. The van der Waals surface area contributed by atoms with E-state index in [1.807, 2.05) is 31.7 Å². The molecule has 0 bridgehead atoms. The Kier molecular flexibility index (Phi) is 5.57. The smallest absolute Gasteiger partial charge is 0.245 e. The second kappa shape index (κ2) is 8.32. The van der Waals surface area contributed by atoms with Crippen LogP contribution in [-0.4, -0.2) is 75.9 Å².